The molecule has 0 unspecified atom stereocenters. The molecule has 3 nitrogen and oxygen atoms in total. The lowest BCUT2D eigenvalue weighted by Crippen LogP contribution is -2.41. The van der Waals surface area contributed by atoms with E-state index >= 15 is 0 Å². The van der Waals surface area contributed by atoms with E-state index in [-0.39, 0.29) is 12.5 Å². The Morgan fingerprint density at radius 2 is 1.85 bits per heavy atom. The molecule has 3 rings (SSSR count). The maximum absolute atomic E-state index is 12.5. The first-order chi connectivity index (χ1) is 13.0. The molecule has 27 heavy (non-hydrogen) atoms. The average Bonchev–Trinajstić information content (AvgIpc) is 2.68. The van der Waals surface area contributed by atoms with E-state index in [1.807, 2.05) is 11.0 Å². The predicted octanol–water partition coefficient (Wildman–Crippen LogP) is 5.43. The highest BCUT2D eigenvalue weighted by molar-refractivity contribution is 9.10. The number of carbonyl (C=O) groups is 1. The number of piperidine rings is 1. The van der Waals surface area contributed by atoms with Crippen LogP contribution in [-0.2, 0) is 11.2 Å². The molecular weight excluding hydrogens is 402 g/mol. The second kappa shape index (κ2) is 9.41. The van der Waals surface area contributed by atoms with Gasteiger partial charge in [0.1, 0.15) is 5.75 Å². The Morgan fingerprint density at radius 1 is 1.15 bits per heavy atom. The van der Waals surface area contributed by atoms with Crippen LogP contribution in [0.2, 0.25) is 0 Å². The van der Waals surface area contributed by atoms with E-state index in [0.29, 0.717) is 11.8 Å². The summed E-state index contributed by atoms with van der Waals surface area (Å²) in [6.45, 7) is 6.07. The van der Waals surface area contributed by atoms with E-state index in [0.717, 1.165) is 42.6 Å². The van der Waals surface area contributed by atoms with Crippen LogP contribution in [0.1, 0.15) is 43.7 Å². The fourth-order valence-electron chi connectivity index (χ4n) is 3.56. The zero-order valence-corrected chi connectivity index (χ0v) is 17.7. The number of hydrogen-bond acceptors (Lipinski definition) is 2. The number of halogens is 1. The van der Waals surface area contributed by atoms with Gasteiger partial charge in [-0.2, -0.15) is 0 Å². The molecule has 1 saturated heterocycles. The fourth-order valence-corrected chi connectivity index (χ4v) is 4.07. The standard InChI is InChI=1S/C23H28BrNO2/c1-17(2)20-8-9-22(21(24)15-20)27-16-23(26)25-12-10-19(11-13-25)14-18-6-4-3-5-7-18/h3-9,15,17,19H,10-14,16H2,1-2H3. The van der Waals surface area contributed by atoms with Crippen LogP contribution in [0.4, 0.5) is 0 Å². The van der Waals surface area contributed by atoms with Crippen molar-refractivity contribution in [3.8, 4) is 5.75 Å². The minimum absolute atomic E-state index is 0.0768. The van der Waals surface area contributed by atoms with E-state index in [4.69, 9.17) is 4.74 Å². The van der Waals surface area contributed by atoms with E-state index in [1.165, 1.54) is 11.1 Å². The number of likely N-dealkylation sites (tertiary alicyclic amines) is 1. The molecule has 0 aromatic heterocycles. The summed E-state index contributed by atoms with van der Waals surface area (Å²) in [7, 11) is 0. The molecule has 0 spiro atoms. The Hall–Kier alpha value is -1.81. The zero-order chi connectivity index (χ0) is 19.2. The van der Waals surface area contributed by atoms with Crippen molar-refractivity contribution in [1.82, 2.24) is 4.90 Å². The van der Waals surface area contributed by atoms with Crippen LogP contribution in [0.3, 0.4) is 0 Å². The van der Waals surface area contributed by atoms with Crippen molar-refractivity contribution in [3.05, 3.63) is 64.1 Å². The van der Waals surface area contributed by atoms with Crippen LogP contribution in [0.5, 0.6) is 5.75 Å². The largest absolute Gasteiger partial charge is 0.483 e. The molecular formula is C23H28BrNO2. The van der Waals surface area contributed by atoms with Crippen LogP contribution in [-0.4, -0.2) is 30.5 Å². The van der Waals surface area contributed by atoms with E-state index in [9.17, 15) is 4.79 Å². The monoisotopic (exact) mass is 429 g/mol. The lowest BCUT2D eigenvalue weighted by atomic mass is 9.90. The Bertz CT molecular complexity index is 752. The Labute approximate surface area is 170 Å². The Kier molecular flexibility index (Phi) is 6.95. The molecule has 0 bridgehead atoms. The molecule has 2 aromatic rings. The summed E-state index contributed by atoms with van der Waals surface area (Å²) < 4.78 is 6.68. The third kappa shape index (κ3) is 5.58. The van der Waals surface area contributed by atoms with E-state index in [2.05, 4.69) is 72.2 Å². The Morgan fingerprint density at radius 3 is 2.48 bits per heavy atom. The summed E-state index contributed by atoms with van der Waals surface area (Å²) in [5.74, 6) is 1.93. The van der Waals surface area contributed by atoms with Crippen LogP contribution < -0.4 is 4.74 Å². The summed E-state index contributed by atoms with van der Waals surface area (Å²) in [5.41, 5.74) is 2.64. The second-order valence-electron chi connectivity index (χ2n) is 7.65. The van der Waals surface area contributed by atoms with Crippen LogP contribution >= 0.6 is 15.9 Å². The van der Waals surface area contributed by atoms with Gasteiger partial charge < -0.3 is 9.64 Å². The highest BCUT2D eigenvalue weighted by atomic mass is 79.9. The van der Waals surface area contributed by atoms with Gasteiger partial charge >= 0.3 is 0 Å². The SMILES string of the molecule is CC(C)c1ccc(OCC(=O)N2CCC(Cc3ccccc3)CC2)c(Br)c1. The number of ether oxygens (including phenoxy) is 1. The molecule has 1 fully saturated rings. The molecule has 1 aliphatic rings. The van der Waals surface area contributed by atoms with Gasteiger partial charge in [0, 0.05) is 13.1 Å². The van der Waals surface area contributed by atoms with Crippen molar-refractivity contribution in [2.24, 2.45) is 5.92 Å². The van der Waals surface area contributed by atoms with Crippen molar-refractivity contribution >= 4 is 21.8 Å². The second-order valence-corrected chi connectivity index (χ2v) is 8.50. The zero-order valence-electron chi connectivity index (χ0n) is 16.2. The number of carbonyl (C=O) groups excluding carboxylic acids is 1. The normalized spacial score (nSPS) is 15.2. The third-order valence-corrected chi connectivity index (χ3v) is 5.93. The molecule has 0 N–H and O–H groups in total. The molecule has 0 radical (unpaired) electrons. The Balaban J connectivity index is 1.46. The van der Waals surface area contributed by atoms with Crippen LogP contribution in [0.25, 0.3) is 0 Å². The molecule has 1 amide bonds. The summed E-state index contributed by atoms with van der Waals surface area (Å²) >= 11 is 3.55. The highest BCUT2D eigenvalue weighted by Gasteiger charge is 2.23. The molecule has 0 aliphatic carbocycles. The lowest BCUT2D eigenvalue weighted by Gasteiger charge is -2.32. The summed E-state index contributed by atoms with van der Waals surface area (Å²) in [5, 5.41) is 0. The molecule has 1 heterocycles. The number of hydrogen-bond donors (Lipinski definition) is 0. The quantitative estimate of drug-likeness (QED) is 0.612. The lowest BCUT2D eigenvalue weighted by molar-refractivity contribution is -0.134. The van der Waals surface area contributed by atoms with Crippen molar-refractivity contribution in [2.45, 2.75) is 39.0 Å². The first kappa shape index (κ1) is 19.9. The maximum atomic E-state index is 12.5. The summed E-state index contributed by atoms with van der Waals surface area (Å²) in [6.07, 6.45) is 3.23. The van der Waals surface area contributed by atoms with Crippen LogP contribution in [0, 0.1) is 5.92 Å². The topological polar surface area (TPSA) is 29.5 Å². The minimum Gasteiger partial charge on any atom is -0.483 e. The summed E-state index contributed by atoms with van der Waals surface area (Å²) in [6, 6.07) is 16.7. The van der Waals surface area contributed by atoms with Crippen molar-refractivity contribution in [2.75, 3.05) is 19.7 Å². The highest BCUT2D eigenvalue weighted by Crippen LogP contribution is 2.29. The first-order valence-corrected chi connectivity index (χ1v) is 10.6. The number of benzene rings is 2. The molecule has 1 aliphatic heterocycles. The van der Waals surface area contributed by atoms with Gasteiger partial charge in [0.25, 0.3) is 5.91 Å². The minimum atomic E-state index is 0.0768. The molecule has 4 heteroatoms. The predicted molar refractivity (Wildman–Crippen MR) is 113 cm³/mol. The summed E-state index contributed by atoms with van der Waals surface area (Å²) in [4.78, 5) is 14.5. The van der Waals surface area contributed by atoms with Gasteiger partial charge in [-0.15, -0.1) is 0 Å². The van der Waals surface area contributed by atoms with Gasteiger partial charge in [-0.3, -0.25) is 4.79 Å². The third-order valence-electron chi connectivity index (χ3n) is 5.31. The van der Waals surface area contributed by atoms with Crippen LogP contribution in [0.15, 0.2) is 53.0 Å². The van der Waals surface area contributed by atoms with Gasteiger partial charge in [-0.1, -0.05) is 50.2 Å². The van der Waals surface area contributed by atoms with Gasteiger partial charge in [-0.05, 0) is 70.3 Å². The van der Waals surface area contributed by atoms with Gasteiger partial charge in [-0.25, -0.2) is 0 Å². The average molecular weight is 430 g/mol. The molecule has 0 saturated carbocycles. The first-order valence-electron chi connectivity index (χ1n) is 9.77. The van der Waals surface area contributed by atoms with E-state index in [1.54, 1.807) is 0 Å². The van der Waals surface area contributed by atoms with Gasteiger partial charge in [0.2, 0.25) is 0 Å². The van der Waals surface area contributed by atoms with Gasteiger partial charge in [0.15, 0.2) is 6.61 Å². The van der Waals surface area contributed by atoms with Crippen molar-refractivity contribution < 1.29 is 9.53 Å². The van der Waals surface area contributed by atoms with Gasteiger partial charge in [0.05, 0.1) is 4.47 Å². The maximum Gasteiger partial charge on any atom is 0.260 e. The molecule has 0 atom stereocenters. The van der Waals surface area contributed by atoms with Crippen molar-refractivity contribution in [1.29, 1.82) is 0 Å². The molecule has 144 valence electrons. The number of nitrogens with zero attached hydrogens (tertiary/aromatic N) is 1. The van der Waals surface area contributed by atoms with Crippen molar-refractivity contribution in [3.63, 3.8) is 0 Å². The smallest absolute Gasteiger partial charge is 0.260 e. The number of amides is 1. The molecule has 2 aromatic carbocycles. The van der Waals surface area contributed by atoms with E-state index < -0.39 is 0 Å². The number of rotatable bonds is 6. The fraction of sp³-hybridized carbons (Fsp3) is 0.435.